The smallest absolute Gasteiger partial charge is 0.259 e. The molecule has 0 saturated carbocycles. The van der Waals surface area contributed by atoms with Gasteiger partial charge in [-0.05, 0) is 60.7 Å². The van der Waals surface area contributed by atoms with E-state index in [0.717, 1.165) is 0 Å². The fourth-order valence-corrected chi connectivity index (χ4v) is 2.87. The Labute approximate surface area is 171 Å². The lowest BCUT2D eigenvalue weighted by molar-refractivity contribution is 0.102. The number of anilines is 1. The van der Waals surface area contributed by atoms with E-state index in [0.29, 0.717) is 38.9 Å². The van der Waals surface area contributed by atoms with Gasteiger partial charge in [0.1, 0.15) is 5.82 Å². The number of rotatable bonds is 4. The van der Waals surface area contributed by atoms with Crippen LogP contribution in [0, 0.1) is 5.82 Å². The largest absolute Gasteiger partial charge is 0.322 e. The van der Waals surface area contributed by atoms with Crippen molar-refractivity contribution >= 4 is 23.2 Å². The zero-order valence-electron chi connectivity index (χ0n) is 15.0. The fraction of sp³-hybridized carbons (Fsp3) is 0. The van der Waals surface area contributed by atoms with Crippen molar-refractivity contribution in [1.82, 2.24) is 15.0 Å². The molecule has 4 rings (SSSR count). The first kappa shape index (κ1) is 18.7. The van der Waals surface area contributed by atoms with E-state index in [9.17, 15) is 9.18 Å². The Kier molecular flexibility index (Phi) is 5.27. The van der Waals surface area contributed by atoms with Crippen LogP contribution in [0.1, 0.15) is 10.4 Å². The van der Waals surface area contributed by atoms with E-state index in [-0.39, 0.29) is 11.7 Å². The summed E-state index contributed by atoms with van der Waals surface area (Å²) in [5.74, 6) is -0.313. The van der Waals surface area contributed by atoms with Gasteiger partial charge >= 0.3 is 0 Å². The van der Waals surface area contributed by atoms with Crippen LogP contribution in [0.15, 0.2) is 79.3 Å². The number of carbonyl (C=O) groups excluding carboxylic acids is 1. The van der Waals surface area contributed by atoms with Crippen molar-refractivity contribution in [1.29, 1.82) is 0 Å². The van der Waals surface area contributed by atoms with E-state index < -0.39 is 0 Å². The minimum absolute atomic E-state index is 0.303. The molecule has 142 valence electrons. The molecule has 1 N–H and O–H groups in total. The summed E-state index contributed by atoms with van der Waals surface area (Å²) < 4.78 is 13.2. The molecule has 1 amide bonds. The first-order valence-electron chi connectivity index (χ1n) is 8.70. The molecule has 0 atom stereocenters. The Hall–Kier alpha value is -3.64. The van der Waals surface area contributed by atoms with E-state index in [1.54, 1.807) is 60.9 Å². The number of benzene rings is 2. The second-order valence-corrected chi connectivity index (χ2v) is 6.60. The minimum Gasteiger partial charge on any atom is -0.322 e. The lowest BCUT2D eigenvalue weighted by Gasteiger charge is -2.11. The van der Waals surface area contributed by atoms with Crippen LogP contribution in [0.3, 0.4) is 0 Å². The monoisotopic (exact) mass is 404 g/mol. The van der Waals surface area contributed by atoms with Crippen LogP contribution in [0.2, 0.25) is 5.02 Å². The fourth-order valence-electron chi connectivity index (χ4n) is 2.75. The maximum absolute atomic E-state index is 13.2. The van der Waals surface area contributed by atoms with Gasteiger partial charge in [0.05, 0.1) is 11.3 Å². The summed E-state index contributed by atoms with van der Waals surface area (Å²) in [6.45, 7) is 0. The molecular weight excluding hydrogens is 391 g/mol. The molecule has 2 aromatic carbocycles. The number of amides is 1. The molecule has 0 aliphatic rings. The molecule has 0 unspecified atom stereocenters. The second-order valence-electron chi connectivity index (χ2n) is 6.16. The topological polar surface area (TPSA) is 67.8 Å². The Bertz CT molecular complexity index is 1150. The highest BCUT2D eigenvalue weighted by atomic mass is 35.5. The third-order valence-electron chi connectivity index (χ3n) is 4.19. The summed E-state index contributed by atoms with van der Waals surface area (Å²) in [4.78, 5) is 25.8. The molecule has 5 nitrogen and oxygen atoms in total. The zero-order valence-corrected chi connectivity index (χ0v) is 15.8. The number of carbonyl (C=O) groups is 1. The molecule has 7 heteroatoms. The maximum Gasteiger partial charge on any atom is 0.259 e. The van der Waals surface area contributed by atoms with Crippen molar-refractivity contribution in [3.8, 4) is 22.6 Å². The highest BCUT2D eigenvalue weighted by molar-refractivity contribution is 6.30. The van der Waals surface area contributed by atoms with E-state index >= 15 is 0 Å². The summed E-state index contributed by atoms with van der Waals surface area (Å²) in [6, 6.07) is 16.2. The van der Waals surface area contributed by atoms with E-state index in [1.807, 2.05) is 0 Å². The van der Waals surface area contributed by atoms with Crippen LogP contribution in [0.25, 0.3) is 22.6 Å². The van der Waals surface area contributed by atoms with Crippen LogP contribution in [0.5, 0.6) is 0 Å². The molecule has 4 aromatic rings. The Morgan fingerprint density at radius 2 is 1.59 bits per heavy atom. The molecule has 0 aliphatic heterocycles. The van der Waals surface area contributed by atoms with Gasteiger partial charge in [0.25, 0.3) is 5.91 Å². The quantitative estimate of drug-likeness (QED) is 0.504. The van der Waals surface area contributed by atoms with Gasteiger partial charge < -0.3 is 5.32 Å². The molecule has 0 fully saturated rings. The van der Waals surface area contributed by atoms with Crippen molar-refractivity contribution in [2.24, 2.45) is 0 Å². The number of hydrogen-bond acceptors (Lipinski definition) is 4. The highest BCUT2D eigenvalue weighted by Gasteiger charge is 2.17. The Morgan fingerprint density at radius 1 is 0.897 bits per heavy atom. The van der Waals surface area contributed by atoms with Crippen LogP contribution < -0.4 is 5.32 Å². The van der Waals surface area contributed by atoms with Gasteiger partial charge in [-0.3, -0.25) is 9.78 Å². The summed E-state index contributed by atoms with van der Waals surface area (Å²) in [5, 5.41) is 3.40. The van der Waals surface area contributed by atoms with E-state index in [2.05, 4.69) is 20.3 Å². The molecule has 0 radical (unpaired) electrons. The van der Waals surface area contributed by atoms with Gasteiger partial charge in [-0.1, -0.05) is 11.6 Å². The SMILES string of the molecule is O=C(Nc1ccc(Cl)cc1)c1cnc(-c2ccc(F)cc2)nc1-c1ccncc1. The summed E-state index contributed by atoms with van der Waals surface area (Å²) >= 11 is 5.89. The lowest BCUT2D eigenvalue weighted by atomic mass is 10.1. The predicted molar refractivity (Wildman–Crippen MR) is 110 cm³/mol. The van der Waals surface area contributed by atoms with Crippen LogP contribution >= 0.6 is 11.6 Å². The second kappa shape index (κ2) is 8.16. The number of nitrogens with zero attached hydrogens (tertiary/aromatic N) is 3. The molecule has 0 saturated heterocycles. The molecular formula is C22H14ClFN4O. The first-order valence-corrected chi connectivity index (χ1v) is 9.08. The Balaban J connectivity index is 1.75. The average molecular weight is 405 g/mol. The Morgan fingerprint density at radius 3 is 2.28 bits per heavy atom. The number of pyridine rings is 1. The van der Waals surface area contributed by atoms with Crippen LogP contribution in [-0.4, -0.2) is 20.9 Å². The van der Waals surface area contributed by atoms with Gasteiger partial charge in [-0.25, -0.2) is 14.4 Å². The summed E-state index contributed by atoms with van der Waals surface area (Å²) in [7, 11) is 0. The standard InChI is InChI=1S/C22H14ClFN4O/c23-16-3-7-18(8-4-16)27-22(29)19-13-26-21(15-1-5-17(24)6-2-15)28-20(19)14-9-11-25-12-10-14/h1-13H,(H,27,29). The number of nitrogens with one attached hydrogen (secondary N) is 1. The lowest BCUT2D eigenvalue weighted by Crippen LogP contribution is -2.15. The first-order chi connectivity index (χ1) is 14.1. The van der Waals surface area contributed by atoms with Crippen molar-refractivity contribution in [3.05, 3.63) is 95.7 Å². The zero-order chi connectivity index (χ0) is 20.2. The van der Waals surface area contributed by atoms with Gasteiger partial charge in [0, 0.05) is 40.4 Å². The van der Waals surface area contributed by atoms with Crippen LogP contribution in [0.4, 0.5) is 10.1 Å². The van der Waals surface area contributed by atoms with Gasteiger partial charge in [-0.2, -0.15) is 0 Å². The molecule has 0 aliphatic carbocycles. The van der Waals surface area contributed by atoms with E-state index in [1.165, 1.54) is 18.3 Å². The molecule has 0 bridgehead atoms. The van der Waals surface area contributed by atoms with Crippen molar-refractivity contribution in [2.45, 2.75) is 0 Å². The number of aromatic nitrogens is 3. The normalized spacial score (nSPS) is 10.6. The highest BCUT2D eigenvalue weighted by Crippen LogP contribution is 2.25. The van der Waals surface area contributed by atoms with Crippen molar-refractivity contribution in [3.63, 3.8) is 0 Å². The third-order valence-corrected chi connectivity index (χ3v) is 4.44. The summed E-state index contributed by atoms with van der Waals surface area (Å²) in [5.41, 5.74) is 2.71. The molecule has 29 heavy (non-hydrogen) atoms. The van der Waals surface area contributed by atoms with Crippen LogP contribution in [-0.2, 0) is 0 Å². The van der Waals surface area contributed by atoms with E-state index in [4.69, 9.17) is 11.6 Å². The average Bonchev–Trinajstić information content (AvgIpc) is 2.76. The summed E-state index contributed by atoms with van der Waals surface area (Å²) in [6.07, 6.45) is 4.71. The van der Waals surface area contributed by atoms with Crippen molar-refractivity contribution < 1.29 is 9.18 Å². The van der Waals surface area contributed by atoms with Gasteiger partial charge in [0.15, 0.2) is 5.82 Å². The third kappa shape index (κ3) is 4.28. The van der Waals surface area contributed by atoms with Gasteiger partial charge in [-0.15, -0.1) is 0 Å². The van der Waals surface area contributed by atoms with Gasteiger partial charge in [0.2, 0.25) is 0 Å². The predicted octanol–water partition coefficient (Wildman–Crippen LogP) is 5.25. The maximum atomic E-state index is 13.2. The number of halogens is 2. The van der Waals surface area contributed by atoms with Crippen molar-refractivity contribution in [2.75, 3.05) is 5.32 Å². The number of hydrogen-bond donors (Lipinski definition) is 1. The molecule has 0 spiro atoms. The molecule has 2 heterocycles. The minimum atomic E-state index is -0.357. The molecule has 2 aromatic heterocycles.